The Morgan fingerprint density at radius 2 is 1.30 bits per heavy atom. The third-order valence-corrected chi connectivity index (χ3v) is 18.8. The van der Waals surface area contributed by atoms with Crippen molar-refractivity contribution in [2.45, 2.75) is 202 Å². The maximum Gasteiger partial charge on any atom is 0.186 e. The minimum absolute atomic E-state index is 0.101. The Hall–Kier alpha value is -1.63. The Morgan fingerprint density at radius 3 is 1.99 bits per heavy atom. The van der Waals surface area contributed by atoms with Gasteiger partial charge in [-0.2, -0.15) is 0 Å². The summed E-state index contributed by atoms with van der Waals surface area (Å²) >= 11 is 0. The first-order valence-corrected chi connectivity index (χ1v) is 26.3. The van der Waals surface area contributed by atoms with E-state index >= 15 is 0 Å². The Balaban J connectivity index is 0.832. The van der Waals surface area contributed by atoms with Crippen molar-refractivity contribution in [2.24, 2.45) is 52.3 Å². The summed E-state index contributed by atoms with van der Waals surface area (Å²) in [6.07, 6.45) is -22.7. The molecule has 13 N–H and O–H groups in total. The van der Waals surface area contributed by atoms with Gasteiger partial charge in [0.2, 0.25) is 0 Å². The van der Waals surface area contributed by atoms with Crippen LogP contribution in [-0.2, 0) is 47.4 Å². The fourth-order valence-corrected chi connectivity index (χ4v) is 14.8. The first kappa shape index (κ1) is 56.1. The molecule has 0 aromatic rings. The number of aliphatic hydroxyl groups excluding tert-OH is 13. The lowest BCUT2D eigenvalue weighted by Crippen LogP contribution is -2.64. The molecule has 4 saturated carbocycles. The van der Waals surface area contributed by atoms with Gasteiger partial charge >= 0.3 is 0 Å². The minimum atomic E-state index is -1.76. The highest BCUT2D eigenvalue weighted by atomic mass is 16.8. The van der Waals surface area contributed by atoms with Gasteiger partial charge < -0.3 is 109 Å². The molecule has 0 bridgehead atoms. The van der Waals surface area contributed by atoms with Crippen LogP contribution in [0.1, 0.15) is 79.1 Å². The number of rotatable bonds is 15. The highest BCUT2D eigenvalue weighted by Gasteiger charge is 2.66. The zero-order valence-electron chi connectivity index (χ0n) is 41.9. The van der Waals surface area contributed by atoms with Gasteiger partial charge in [-0.05, 0) is 91.9 Å². The van der Waals surface area contributed by atoms with E-state index in [0.29, 0.717) is 32.1 Å². The van der Waals surface area contributed by atoms with E-state index in [0.717, 1.165) is 30.6 Å². The Bertz CT molecular complexity index is 1930. The third kappa shape index (κ3) is 10.3. The highest BCUT2D eigenvalue weighted by molar-refractivity contribution is 5.83. The molecule has 29 atom stereocenters. The summed E-state index contributed by atoms with van der Waals surface area (Å²) in [5, 5.41) is 136. The summed E-state index contributed by atoms with van der Waals surface area (Å²) < 4.78 is 53.3. The monoisotopic (exact) mass is 1050 g/mol. The van der Waals surface area contributed by atoms with E-state index in [2.05, 4.69) is 20.8 Å². The van der Waals surface area contributed by atoms with Gasteiger partial charge in [0.25, 0.3) is 0 Å². The van der Waals surface area contributed by atoms with Crippen molar-refractivity contribution in [2.75, 3.05) is 39.6 Å². The second-order valence-corrected chi connectivity index (χ2v) is 23.3. The van der Waals surface area contributed by atoms with Crippen molar-refractivity contribution in [1.82, 2.24) is 0 Å². The average molecular weight is 1050 g/mol. The number of ether oxygens (including phenoxy) is 9. The topological polar surface area (TPSA) is 363 Å². The summed E-state index contributed by atoms with van der Waals surface area (Å²) in [4.78, 5) is 14.5. The van der Waals surface area contributed by atoms with Crippen LogP contribution in [0.25, 0.3) is 0 Å². The molecule has 9 aliphatic rings. The van der Waals surface area contributed by atoms with Crippen LogP contribution >= 0.6 is 0 Å². The van der Waals surface area contributed by atoms with E-state index in [1.165, 1.54) is 0 Å². The number of aliphatic hydroxyl groups is 13. The molecule has 0 spiro atoms. The largest absolute Gasteiger partial charge is 0.494 e. The standard InChI is InChI=1S/C50H80O23/c1-19(15-65-46-41(63)37(59)36(58)31(14-52)71-46)9-21(13-51)43-20(2)33-30(70-43)12-25-23-11-27(53)26-10-22(5-7-49(26,3)24(23)6-8-50(25,33)4)69-48-42(64)38(60)44(73-47-40(62)35(57)29(55)17-67-47)32(72-48)18-68-45-39(61)34(56)28(54)16-66-45/h19,21-26,28-42,44-48,51-52,54-64H,5-18H2,1-4H3/t19-,21?,22+,23-,24+,25+,26-,28+,29-,30+,31-,32-,33+,34+,35+,36-,37+,38-,39-,40-,41-,42-,44-,45-,46-,47+,48-,49-,50+/m1/s1. The number of Topliss-reactive ketones (excluding diaryl/α,β-unsaturated/α-hetero) is 1. The van der Waals surface area contributed by atoms with Gasteiger partial charge in [0.1, 0.15) is 103 Å². The number of ketones is 1. The Kier molecular flexibility index (Phi) is 17.1. The average Bonchev–Trinajstić information content (AvgIpc) is 3.86. The van der Waals surface area contributed by atoms with Gasteiger partial charge in [0, 0.05) is 24.2 Å². The molecule has 418 valence electrons. The maximum absolute atomic E-state index is 14.5. The lowest BCUT2D eigenvalue weighted by Gasteiger charge is -2.60. The molecule has 0 aromatic carbocycles. The van der Waals surface area contributed by atoms with Crippen molar-refractivity contribution in [1.29, 1.82) is 0 Å². The van der Waals surface area contributed by atoms with E-state index in [1.54, 1.807) is 0 Å². The van der Waals surface area contributed by atoms with E-state index in [1.807, 2.05) is 6.92 Å². The maximum atomic E-state index is 14.5. The fraction of sp³-hybridized carbons (Fsp3) is 0.940. The third-order valence-electron chi connectivity index (χ3n) is 18.8. The summed E-state index contributed by atoms with van der Waals surface area (Å²) in [7, 11) is 0. The first-order chi connectivity index (χ1) is 34.6. The minimum Gasteiger partial charge on any atom is -0.494 e. The molecule has 4 aliphatic carbocycles. The summed E-state index contributed by atoms with van der Waals surface area (Å²) in [6.45, 7) is 6.71. The van der Waals surface area contributed by atoms with Gasteiger partial charge in [0.05, 0.1) is 45.7 Å². The van der Waals surface area contributed by atoms with Gasteiger partial charge in [-0.15, -0.1) is 0 Å². The van der Waals surface area contributed by atoms with Gasteiger partial charge in [-0.1, -0.05) is 20.8 Å². The zero-order chi connectivity index (χ0) is 52.6. The molecule has 1 unspecified atom stereocenters. The molecule has 5 aliphatic heterocycles. The molecule has 4 saturated heterocycles. The predicted molar refractivity (Wildman–Crippen MR) is 245 cm³/mol. The van der Waals surface area contributed by atoms with Crippen molar-refractivity contribution in [3.8, 4) is 0 Å². The van der Waals surface area contributed by atoms with Crippen LogP contribution in [0.4, 0.5) is 0 Å². The molecule has 0 aromatic heterocycles. The molecule has 9 rings (SSSR count). The van der Waals surface area contributed by atoms with Crippen molar-refractivity contribution < 1.29 is 114 Å². The summed E-state index contributed by atoms with van der Waals surface area (Å²) in [5.74, 6) is 0.816. The van der Waals surface area contributed by atoms with E-state index in [9.17, 15) is 71.2 Å². The molecule has 0 radical (unpaired) electrons. The molecule has 0 amide bonds. The molecular weight excluding hydrogens is 969 g/mol. The number of carbonyl (C=O) groups is 1. The second-order valence-electron chi connectivity index (χ2n) is 23.3. The van der Waals surface area contributed by atoms with Crippen LogP contribution < -0.4 is 0 Å². The first-order valence-electron chi connectivity index (χ1n) is 26.3. The molecule has 8 fully saturated rings. The van der Waals surface area contributed by atoms with Crippen molar-refractivity contribution in [3.63, 3.8) is 0 Å². The van der Waals surface area contributed by atoms with E-state index < -0.39 is 137 Å². The van der Waals surface area contributed by atoms with Gasteiger partial charge in [0.15, 0.2) is 25.2 Å². The quantitative estimate of drug-likeness (QED) is 0.0714. The van der Waals surface area contributed by atoms with Crippen LogP contribution in [0.2, 0.25) is 0 Å². The summed E-state index contributed by atoms with van der Waals surface area (Å²) in [6, 6.07) is 0. The highest BCUT2D eigenvalue weighted by Crippen LogP contribution is 2.69. The molecular formula is C50H80O23. The molecule has 5 heterocycles. The SMILES string of the molecule is CC1=C(C(CO)C[C@@H](C)CO[C@@H]2O[C@H](CO)[C@@H](O)[C@H](O)[C@H]2O)O[C@H]2C[C@H]3[C@@H]4CC(=O)[C@H]5C[C@@H](O[C@@H]6O[C@H](CO[C@H]7OC[C@H](O)[C@H](O)[C@H]7O)[C@@H](O[C@@H]7OC[C@@H](O)[C@H](O)[C@H]7O)[C@H](O)[C@H]6O)CC[C@]5(C)[C@H]4CC[C@]3(C)[C@@H]12. The smallest absolute Gasteiger partial charge is 0.186 e. The normalized spacial score (nSPS) is 51.9. The van der Waals surface area contributed by atoms with Crippen LogP contribution in [0.3, 0.4) is 0 Å². The van der Waals surface area contributed by atoms with E-state index in [-0.39, 0.29) is 84.0 Å². The number of hydrogen-bond acceptors (Lipinski definition) is 23. The van der Waals surface area contributed by atoms with Crippen LogP contribution in [0.5, 0.6) is 0 Å². The summed E-state index contributed by atoms with van der Waals surface area (Å²) in [5.41, 5.74) is 0.616. The van der Waals surface area contributed by atoms with Crippen LogP contribution in [-0.4, -0.2) is 235 Å². The number of carbonyl (C=O) groups excluding carboxylic acids is 1. The Morgan fingerprint density at radius 1 is 0.671 bits per heavy atom. The molecule has 23 nitrogen and oxygen atoms in total. The predicted octanol–water partition coefficient (Wildman–Crippen LogP) is -3.33. The molecule has 73 heavy (non-hydrogen) atoms. The second kappa shape index (κ2) is 22.2. The van der Waals surface area contributed by atoms with Gasteiger partial charge in [-0.3, -0.25) is 4.79 Å². The lowest BCUT2D eigenvalue weighted by atomic mass is 9.44. The van der Waals surface area contributed by atoms with Crippen molar-refractivity contribution >= 4 is 5.78 Å². The number of hydrogen-bond donors (Lipinski definition) is 13. The Labute approximate surface area is 423 Å². The zero-order valence-corrected chi connectivity index (χ0v) is 41.9. The van der Waals surface area contributed by atoms with Crippen LogP contribution in [0.15, 0.2) is 11.3 Å². The van der Waals surface area contributed by atoms with Crippen molar-refractivity contribution in [3.05, 3.63) is 11.3 Å². The molecule has 23 heteroatoms. The lowest BCUT2D eigenvalue weighted by molar-refractivity contribution is -0.361. The van der Waals surface area contributed by atoms with Crippen LogP contribution in [0, 0.1) is 52.3 Å². The number of fused-ring (bicyclic) bond motifs is 7. The fourth-order valence-electron chi connectivity index (χ4n) is 14.8. The van der Waals surface area contributed by atoms with E-state index in [4.69, 9.17) is 42.6 Å². The van der Waals surface area contributed by atoms with Gasteiger partial charge in [-0.25, -0.2) is 0 Å².